The number of aliphatic carboxylic acids is 1. The summed E-state index contributed by atoms with van der Waals surface area (Å²) >= 11 is 0. The minimum Gasteiger partial charge on any atom is -0.478 e. The van der Waals surface area contributed by atoms with Crippen molar-refractivity contribution in [2.45, 2.75) is 34.1 Å². The van der Waals surface area contributed by atoms with Crippen LogP contribution < -0.4 is 4.90 Å². The molecule has 176 valence electrons. The molecule has 0 atom stereocenters. The maximum atomic E-state index is 11.4. The van der Waals surface area contributed by atoms with Crippen molar-refractivity contribution in [1.29, 1.82) is 0 Å². The first kappa shape index (κ1) is 24.0. The van der Waals surface area contributed by atoms with Crippen LogP contribution in [0.15, 0.2) is 96.6 Å². The molecule has 3 heteroatoms. The van der Waals surface area contributed by atoms with Crippen molar-refractivity contribution in [3.63, 3.8) is 0 Å². The number of carboxylic acid groups (broad SMARTS) is 1. The number of carbonyl (C=O) groups is 1. The van der Waals surface area contributed by atoms with Crippen LogP contribution in [0, 0.1) is 20.8 Å². The highest BCUT2D eigenvalue weighted by Gasteiger charge is 2.15. The summed E-state index contributed by atoms with van der Waals surface area (Å²) in [6.07, 6.45) is 2.25. The van der Waals surface area contributed by atoms with E-state index in [0.29, 0.717) is 12.0 Å². The van der Waals surface area contributed by atoms with Gasteiger partial charge in [0.05, 0.1) is 0 Å². The van der Waals surface area contributed by atoms with Gasteiger partial charge in [0, 0.05) is 22.6 Å². The molecule has 0 heterocycles. The summed E-state index contributed by atoms with van der Waals surface area (Å²) in [6.45, 7) is 8.18. The fourth-order valence-electron chi connectivity index (χ4n) is 4.35. The van der Waals surface area contributed by atoms with Gasteiger partial charge < -0.3 is 10.0 Å². The molecule has 0 aliphatic carbocycles. The Bertz CT molecular complexity index is 1370. The Balaban J connectivity index is 1.80. The third kappa shape index (κ3) is 5.36. The number of para-hydroxylation sites is 1. The lowest BCUT2D eigenvalue weighted by Gasteiger charge is -2.26. The highest BCUT2D eigenvalue weighted by molar-refractivity contribution is 5.92. The summed E-state index contributed by atoms with van der Waals surface area (Å²) in [7, 11) is 0. The third-order valence-corrected chi connectivity index (χ3v) is 6.32. The Morgan fingerprint density at radius 1 is 0.743 bits per heavy atom. The molecule has 4 aromatic rings. The Morgan fingerprint density at radius 3 is 2.03 bits per heavy atom. The monoisotopic (exact) mass is 461 g/mol. The first-order chi connectivity index (χ1) is 16.9. The van der Waals surface area contributed by atoms with E-state index in [0.717, 1.165) is 39.3 Å². The smallest absolute Gasteiger partial charge is 0.331 e. The summed E-state index contributed by atoms with van der Waals surface area (Å²) in [5.74, 6) is -0.866. The predicted octanol–water partition coefficient (Wildman–Crippen LogP) is 8.63. The maximum Gasteiger partial charge on any atom is 0.331 e. The first-order valence-electron chi connectivity index (χ1n) is 11.9. The summed E-state index contributed by atoms with van der Waals surface area (Å²) < 4.78 is 0. The lowest BCUT2D eigenvalue weighted by molar-refractivity contribution is -0.132. The van der Waals surface area contributed by atoms with Crippen LogP contribution in [-0.4, -0.2) is 11.1 Å². The number of anilines is 3. The van der Waals surface area contributed by atoms with Crippen molar-refractivity contribution >= 4 is 29.1 Å². The van der Waals surface area contributed by atoms with E-state index in [1.807, 2.05) is 19.1 Å². The topological polar surface area (TPSA) is 40.5 Å². The molecule has 0 spiro atoms. The first-order valence-corrected chi connectivity index (χ1v) is 11.9. The molecule has 0 saturated heterocycles. The van der Waals surface area contributed by atoms with Crippen LogP contribution in [0.2, 0.25) is 0 Å². The number of benzene rings is 4. The molecule has 0 bridgehead atoms. The van der Waals surface area contributed by atoms with Gasteiger partial charge in [0.25, 0.3) is 0 Å². The number of hydrogen-bond acceptors (Lipinski definition) is 2. The van der Waals surface area contributed by atoms with E-state index < -0.39 is 5.97 Å². The molecule has 0 saturated carbocycles. The summed E-state index contributed by atoms with van der Waals surface area (Å²) in [5.41, 5.74) is 10.5. The van der Waals surface area contributed by atoms with Crippen LogP contribution >= 0.6 is 0 Å². The third-order valence-electron chi connectivity index (χ3n) is 6.32. The van der Waals surface area contributed by atoms with E-state index in [1.165, 1.54) is 11.1 Å². The fourth-order valence-corrected chi connectivity index (χ4v) is 4.35. The molecule has 0 amide bonds. The van der Waals surface area contributed by atoms with E-state index in [1.54, 1.807) is 6.08 Å². The zero-order valence-electron chi connectivity index (χ0n) is 20.7. The molecule has 0 aliphatic heterocycles. The molecule has 0 radical (unpaired) electrons. The zero-order valence-corrected chi connectivity index (χ0v) is 20.7. The lowest BCUT2D eigenvalue weighted by atomic mass is 9.94. The van der Waals surface area contributed by atoms with Gasteiger partial charge in [0.15, 0.2) is 0 Å². The van der Waals surface area contributed by atoms with Gasteiger partial charge in [-0.25, -0.2) is 4.79 Å². The normalized spacial score (nSPS) is 11.4. The standard InChI is InChI=1S/C32H31NO2/c1-5-26(32(34)35)20-25-14-18-30(24(4)19-25)31-21-29(17-13-23(31)3)33(27-9-7-6-8-10-27)28-15-11-22(2)12-16-28/h6-21H,5H2,1-4H3,(H,34,35)/b26-20+. The van der Waals surface area contributed by atoms with Crippen molar-refractivity contribution < 1.29 is 9.90 Å². The van der Waals surface area contributed by atoms with Gasteiger partial charge in [0.2, 0.25) is 0 Å². The second kappa shape index (κ2) is 10.4. The Morgan fingerprint density at radius 2 is 1.40 bits per heavy atom. The van der Waals surface area contributed by atoms with E-state index in [-0.39, 0.29) is 0 Å². The fraction of sp³-hybridized carbons (Fsp3) is 0.156. The minimum absolute atomic E-state index is 0.409. The number of aryl methyl sites for hydroxylation is 3. The van der Waals surface area contributed by atoms with E-state index in [4.69, 9.17) is 0 Å². The summed E-state index contributed by atoms with van der Waals surface area (Å²) in [4.78, 5) is 13.7. The summed E-state index contributed by atoms with van der Waals surface area (Å²) in [5, 5.41) is 9.39. The van der Waals surface area contributed by atoms with Gasteiger partial charge in [-0.1, -0.05) is 67.1 Å². The average molecular weight is 462 g/mol. The molecule has 0 unspecified atom stereocenters. The molecule has 4 rings (SSSR count). The van der Waals surface area contributed by atoms with Crippen LogP contribution in [0.1, 0.15) is 35.6 Å². The Hall–Kier alpha value is -4.11. The number of carboxylic acids is 1. The maximum absolute atomic E-state index is 11.4. The van der Waals surface area contributed by atoms with Crippen molar-refractivity contribution in [1.82, 2.24) is 0 Å². The van der Waals surface area contributed by atoms with Crippen LogP contribution in [0.25, 0.3) is 17.2 Å². The average Bonchev–Trinajstić information content (AvgIpc) is 2.85. The second-order valence-electron chi connectivity index (χ2n) is 8.91. The second-order valence-corrected chi connectivity index (χ2v) is 8.91. The van der Waals surface area contributed by atoms with Crippen molar-refractivity contribution in [2.75, 3.05) is 4.90 Å². The summed E-state index contributed by atoms with van der Waals surface area (Å²) in [6, 6.07) is 31.7. The van der Waals surface area contributed by atoms with Gasteiger partial charge in [-0.2, -0.15) is 0 Å². The number of hydrogen-bond donors (Lipinski definition) is 1. The van der Waals surface area contributed by atoms with Gasteiger partial charge in [-0.3, -0.25) is 0 Å². The Labute approximate surface area is 208 Å². The van der Waals surface area contributed by atoms with Crippen molar-refractivity contribution in [3.05, 3.63) is 119 Å². The van der Waals surface area contributed by atoms with Crippen molar-refractivity contribution in [2.24, 2.45) is 0 Å². The van der Waals surface area contributed by atoms with E-state index in [2.05, 4.69) is 105 Å². The number of nitrogens with zero attached hydrogens (tertiary/aromatic N) is 1. The minimum atomic E-state index is -0.866. The van der Waals surface area contributed by atoms with Crippen LogP contribution in [0.3, 0.4) is 0 Å². The lowest BCUT2D eigenvalue weighted by Crippen LogP contribution is -2.10. The molecule has 0 aliphatic rings. The SMILES string of the molecule is CC/C(=C\c1ccc(-c2cc(N(c3ccccc3)c3ccc(C)cc3)ccc2C)c(C)c1)C(=O)O. The van der Waals surface area contributed by atoms with Crippen LogP contribution in [0.5, 0.6) is 0 Å². The quantitative estimate of drug-likeness (QED) is 0.280. The van der Waals surface area contributed by atoms with Gasteiger partial charge in [-0.15, -0.1) is 0 Å². The van der Waals surface area contributed by atoms with E-state index in [9.17, 15) is 9.90 Å². The molecule has 3 nitrogen and oxygen atoms in total. The molecule has 0 aromatic heterocycles. The molecular weight excluding hydrogens is 430 g/mol. The molecule has 4 aromatic carbocycles. The van der Waals surface area contributed by atoms with Crippen LogP contribution in [0.4, 0.5) is 17.1 Å². The largest absolute Gasteiger partial charge is 0.478 e. The van der Waals surface area contributed by atoms with Gasteiger partial charge in [0.1, 0.15) is 0 Å². The van der Waals surface area contributed by atoms with Crippen molar-refractivity contribution in [3.8, 4) is 11.1 Å². The number of rotatable bonds is 7. The van der Waals surface area contributed by atoms with Crippen LogP contribution in [-0.2, 0) is 4.79 Å². The highest BCUT2D eigenvalue weighted by Crippen LogP contribution is 2.38. The zero-order chi connectivity index (χ0) is 24.9. The van der Waals surface area contributed by atoms with Gasteiger partial charge >= 0.3 is 5.97 Å². The van der Waals surface area contributed by atoms with Gasteiger partial charge in [-0.05, 0) is 97.5 Å². The molecule has 0 fully saturated rings. The Kier molecular flexibility index (Phi) is 7.17. The predicted molar refractivity (Wildman–Crippen MR) is 147 cm³/mol. The van der Waals surface area contributed by atoms with E-state index >= 15 is 0 Å². The molecular formula is C32H31NO2. The molecule has 35 heavy (non-hydrogen) atoms. The molecule has 1 N–H and O–H groups in total. The highest BCUT2D eigenvalue weighted by atomic mass is 16.4.